The Hall–Kier alpha value is -3.32. The predicted octanol–water partition coefficient (Wildman–Crippen LogP) is 2.48. The lowest BCUT2D eigenvalue weighted by atomic mass is 9.91. The third kappa shape index (κ3) is 5.81. The molecule has 2 fully saturated rings. The summed E-state index contributed by atoms with van der Waals surface area (Å²) >= 11 is 3.38. The van der Waals surface area contributed by atoms with Gasteiger partial charge in [0.05, 0.1) is 36.6 Å². The maximum Gasteiger partial charge on any atom is 0.259 e. The van der Waals surface area contributed by atoms with Crippen LogP contribution in [0.4, 0.5) is 14.5 Å². The monoisotopic (exact) mass is 647 g/mol. The fraction of sp³-hybridized carbons (Fsp3) is 0.429. The number of benzene rings is 2. The molecule has 1 aliphatic carbocycles. The van der Waals surface area contributed by atoms with E-state index in [1.807, 2.05) is 0 Å². The Balaban J connectivity index is 1.55. The van der Waals surface area contributed by atoms with Gasteiger partial charge in [0, 0.05) is 28.9 Å². The van der Waals surface area contributed by atoms with E-state index < -0.39 is 66.8 Å². The Labute approximate surface area is 248 Å². The molecule has 3 aromatic rings. The van der Waals surface area contributed by atoms with Gasteiger partial charge in [-0.1, -0.05) is 21.1 Å². The quantitative estimate of drug-likeness (QED) is 0.351. The van der Waals surface area contributed by atoms with Crippen LogP contribution in [-0.4, -0.2) is 86.5 Å². The van der Waals surface area contributed by atoms with Crippen LogP contribution in [-0.2, 0) is 14.3 Å². The Morgan fingerprint density at radius 3 is 2.57 bits per heavy atom. The fourth-order valence-electron chi connectivity index (χ4n) is 5.73. The molecule has 0 spiro atoms. The van der Waals surface area contributed by atoms with Crippen LogP contribution in [0.5, 0.6) is 0 Å². The summed E-state index contributed by atoms with van der Waals surface area (Å²) in [5, 5.41) is 49.7. The molecule has 1 saturated heterocycles. The molecule has 0 bridgehead atoms. The first-order valence-corrected chi connectivity index (χ1v) is 14.0. The minimum Gasteiger partial charge on any atom is -0.394 e. The van der Waals surface area contributed by atoms with Crippen LogP contribution in [0.2, 0.25) is 0 Å². The van der Waals surface area contributed by atoms with E-state index >= 15 is 0 Å². The molecule has 11 nitrogen and oxygen atoms in total. The zero-order valence-corrected chi connectivity index (χ0v) is 23.9. The van der Waals surface area contributed by atoms with Gasteiger partial charge >= 0.3 is 0 Å². The van der Waals surface area contributed by atoms with Crippen molar-refractivity contribution in [2.24, 2.45) is 0 Å². The van der Waals surface area contributed by atoms with Crippen LogP contribution in [0.15, 0.2) is 47.1 Å². The van der Waals surface area contributed by atoms with Gasteiger partial charge in [0.2, 0.25) is 0 Å². The number of hydrogen-bond donors (Lipinski definition) is 3. The van der Waals surface area contributed by atoms with Crippen LogP contribution in [0, 0.1) is 23.0 Å². The van der Waals surface area contributed by atoms with Gasteiger partial charge in [-0.2, -0.15) is 5.26 Å². The average Bonchev–Trinajstić information content (AvgIpc) is 3.61. The molecule has 0 radical (unpaired) electrons. The van der Waals surface area contributed by atoms with Crippen LogP contribution >= 0.6 is 15.9 Å². The maximum atomic E-state index is 14.4. The Morgan fingerprint density at radius 1 is 1.21 bits per heavy atom. The average molecular weight is 648 g/mol. The highest BCUT2D eigenvalue weighted by molar-refractivity contribution is 9.10. The van der Waals surface area contributed by atoms with Crippen molar-refractivity contribution < 1.29 is 38.4 Å². The number of aromatic nitrogens is 3. The molecule has 14 heteroatoms. The van der Waals surface area contributed by atoms with Gasteiger partial charge in [-0.15, -0.1) is 5.10 Å². The Bertz CT molecular complexity index is 1480. The second-order valence-electron chi connectivity index (χ2n) is 10.3. The largest absolute Gasteiger partial charge is 0.394 e. The van der Waals surface area contributed by atoms with Crippen molar-refractivity contribution in [1.82, 2.24) is 15.0 Å². The van der Waals surface area contributed by atoms with Gasteiger partial charge in [0.25, 0.3) is 5.91 Å². The summed E-state index contributed by atoms with van der Waals surface area (Å²) < 4.78 is 41.1. The third-order valence-electron chi connectivity index (χ3n) is 7.66. The first-order chi connectivity index (χ1) is 20.1. The van der Waals surface area contributed by atoms with E-state index in [4.69, 9.17) is 9.47 Å². The van der Waals surface area contributed by atoms with E-state index in [1.54, 1.807) is 12.1 Å². The number of hydrogen-bond acceptors (Lipinski definition) is 9. The summed E-state index contributed by atoms with van der Waals surface area (Å²) in [5.41, 5.74) is 0.821. The summed E-state index contributed by atoms with van der Waals surface area (Å²) in [4.78, 5) is 15.8. The molecule has 2 aromatic carbocycles. The van der Waals surface area contributed by atoms with Crippen LogP contribution < -0.4 is 4.90 Å². The first-order valence-electron chi connectivity index (χ1n) is 13.2. The van der Waals surface area contributed by atoms with Gasteiger partial charge in [0.1, 0.15) is 41.7 Å². The standard InChI is InChI=1S/C28H28BrF2N5O6/c1-41-26-24(35-12-20(33-34-35)15-7-17(30)10-18(31)8-15)25(39)23(13-37)42-27(26)28(40)36(21-3-2-4-22(21)38)19-6-14(11-32)5-16(29)9-19/h5-10,12,21-27,37-39H,2-4,13H2,1H3/t21-,22-,23?,24?,25?,26?,27?/m1/s1. The number of nitrogens with zero attached hydrogens (tertiary/aromatic N) is 5. The number of methoxy groups -OCH3 is 1. The van der Waals surface area contributed by atoms with E-state index in [9.17, 15) is 34.2 Å². The number of carbonyl (C=O) groups is 1. The molecular weight excluding hydrogens is 620 g/mol. The number of nitriles is 1. The highest BCUT2D eigenvalue weighted by Crippen LogP contribution is 2.37. The summed E-state index contributed by atoms with van der Waals surface area (Å²) in [6, 6.07) is 7.93. The highest BCUT2D eigenvalue weighted by Gasteiger charge is 2.52. The second kappa shape index (κ2) is 12.5. The molecule has 2 aliphatic rings. The topological polar surface area (TPSA) is 154 Å². The van der Waals surface area contributed by atoms with Crippen molar-refractivity contribution in [3.8, 4) is 17.3 Å². The summed E-state index contributed by atoms with van der Waals surface area (Å²) in [6.45, 7) is -0.657. The number of aliphatic hydroxyl groups excluding tert-OH is 3. The number of ether oxygens (including phenoxy) is 2. The van der Waals surface area contributed by atoms with E-state index in [-0.39, 0.29) is 16.8 Å². The third-order valence-corrected chi connectivity index (χ3v) is 8.12. The maximum absolute atomic E-state index is 14.4. The summed E-state index contributed by atoms with van der Waals surface area (Å²) in [6.07, 6.45) is -3.14. The van der Waals surface area contributed by atoms with Gasteiger partial charge in [-0.05, 0) is 49.6 Å². The molecule has 2 heterocycles. The first kappa shape index (κ1) is 30.1. The minimum atomic E-state index is -1.43. The molecule has 42 heavy (non-hydrogen) atoms. The molecule has 1 aliphatic heterocycles. The number of carbonyl (C=O) groups excluding carboxylic acids is 1. The van der Waals surface area contributed by atoms with Crippen LogP contribution in [0.3, 0.4) is 0 Å². The molecule has 5 unspecified atom stereocenters. The number of anilines is 1. The SMILES string of the molecule is COC1C(C(=O)N(c2cc(Br)cc(C#N)c2)[C@@H]2CCC[C@H]2O)OC(CO)C(O)C1n1cc(-c2cc(F)cc(F)c2)nn1. The van der Waals surface area contributed by atoms with Crippen LogP contribution in [0.1, 0.15) is 30.9 Å². The predicted molar refractivity (Wildman–Crippen MR) is 147 cm³/mol. The molecule has 1 saturated carbocycles. The number of aliphatic hydroxyl groups is 3. The number of rotatable bonds is 7. The smallest absolute Gasteiger partial charge is 0.259 e. The molecule has 222 valence electrons. The van der Waals surface area contributed by atoms with E-state index in [0.717, 1.165) is 18.2 Å². The zero-order chi connectivity index (χ0) is 30.1. The minimum absolute atomic E-state index is 0.0965. The van der Waals surface area contributed by atoms with E-state index in [0.29, 0.717) is 29.4 Å². The van der Waals surface area contributed by atoms with Crippen molar-refractivity contribution in [2.45, 2.75) is 61.9 Å². The van der Waals surface area contributed by atoms with Crippen molar-refractivity contribution >= 4 is 27.5 Å². The fourth-order valence-corrected chi connectivity index (χ4v) is 6.22. The van der Waals surface area contributed by atoms with Crippen molar-refractivity contribution in [3.63, 3.8) is 0 Å². The van der Waals surface area contributed by atoms with Gasteiger partial charge < -0.3 is 29.7 Å². The van der Waals surface area contributed by atoms with Crippen LogP contribution in [0.25, 0.3) is 11.3 Å². The Kier molecular flexibility index (Phi) is 8.97. The molecule has 5 rings (SSSR count). The van der Waals surface area contributed by atoms with E-state index in [2.05, 4.69) is 32.3 Å². The van der Waals surface area contributed by atoms with Gasteiger partial charge in [-0.25, -0.2) is 13.5 Å². The lowest BCUT2D eigenvalue weighted by Crippen LogP contribution is -2.62. The van der Waals surface area contributed by atoms with Crippen molar-refractivity contribution in [1.29, 1.82) is 5.26 Å². The Morgan fingerprint density at radius 2 is 1.95 bits per heavy atom. The number of halogens is 3. The lowest BCUT2D eigenvalue weighted by molar-refractivity contribution is -0.211. The molecule has 7 atom stereocenters. The van der Waals surface area contributed by atoms with Crippen molar-refractivity contribution in [2.75, 3.05) is 18.6 Å². The lowest BCUT2D eigenvalue weighted by Gasteiger charge is -2.45. The normalized spacial score (nSPS) is 27.5. The van der Waals surface area contributed by atoms with Gasteiger partial charge in [0.15, 0.2) is 6.10 Å². The molecular formula is C28H28BrF2N5O6. The summed E-state index contributed by atoms with van der Waals surface area (Å²) in [5.74, 6) is -2.25. The molecule has 1 aromatic heterocycles. The van der Waals surface area contributed by atoms with Gasteiger partial charge in [-0.3, -0.25) is 4.79 Å². The second-order valence-corrected chi connectivity index (χ2v) is 11.2. The van der Waals surface area contributed by atoms with Crippen molar-refractivity contribution in [3.05, 3.63) is 64.3 Å². The summed E-state index contributed by atoms with van der Waals surface area (Å²) in [7, 11) is 1.31. The molecule has 1 amide bonds. The van der Waals surface area contributed by atoms with E-state index in [1.165, 1.54) is 29.0 Å². The zero-order valence-electron chi connectivity index (χ0n) is 22.3. The number of amides is 1. The molecule has 3 N–H and O–H groups in total. The highest BCUT2D eigenvalue weighted by atomic mass is 79.9.